The molecular weight excluding hydrogens is 482 g/mol. The zero-order valence-corrected chi connectivity index (χ0v) is 22.7. The number of rotatable bonds is 8. The van der Waals surface area contributed by atoms with Gasteiger partial charge in [0.15, 0.2) is 0 Å². The highest BCUT2D eigenvalue weighted by Crippen LogP contribution is 2.32. The van der Waals surface area contributed by atoms with E-state index in [2.05, 4.69) is 9.80 Å². The molecule has 0 amide bonds. The molecule has 0 radical (unpaired) electrons. The van der Waals surface area contributed by atoms with Crippen LogP contribution in [0.1, 0.15) is 33.1 Å². The highest BCUT2D eigenvalue weighted by Gasteiger charge is 2.23. The Hall–Kier alpha value is -3.07. The van der Waals surface area contributed by atoms with Crippen molar-refractivity contribution in [3.05, 3.63) is 59.0 Å². The molecule has 1 N–H and O–H groups in total. The number of aliphatic hydroxyl groups is 1. The Labute approximate surface area is 224 Å². The average molecular weight is 522 g/mol. The molecule has 8 nitrogen and oxygen atoms in total. The lowest BCUT2D eigenvalue weighted by atomic mass is 10.1. The lowest BCUT2D eigenvalue weighted by Crippen LogP contribution is -2.40. The van der Waals surface area contributed by atoms with Crippen molar-refractivity contribution in [2.75, 3.05) is 57.9 Å². The highest BCUT2D eigenvalue weighted by atomic mass is 16.5. The van der Waals surface area contributed by atoms with Gasteiger partial charge < -0.3 is 24.2 Å². The maximum Gasteiger partial charge on any atom is 0.262 e. The van der Waals surface area contributed by atoms with E-state index in [4.69, 9.17) is 14.2 Å². The number of nitrogens with zero attached hydrogens (tertiary/aromatic N) is 3. The SMILES string of the molecule is COc1cc(-n2ccc3cc(OC[C@H]4CCCO4)ccc3c2=O)ccc1N1CCCN(CC(C)(C)O)CC1. The van der Waals surface area contributed by atoms with Gasteiger partial charge in [-0.1, -0.05) is 0 Å². The molecular formula is C30H39N3O5. The Morgan fingerprint density at radius 1 is 1.05 bits per heavy atom. The van der Waals surface area contributed by atoms with Gasteiger partial charge >= 0.3 is 0 Å². The van der Waals surface area contributed by atoms with Gasteiger partial charge in [0.2, 0.25) is 0 Å². The largest absolute Gasteiger partial charge is 0.495 e. The van der Waals surface area contributed by atoms with E-state index in [1.165, 1.54) is 0 Å². The van der Waals surface area contributed by atoms with Gasteiger partial charge in [0.1, 0.15) is 18.1 Å². The normalized spacial score (nSPS) is 19.1. The molecule has 8 heteroatoms. The molecule has 0 saturated carbocycles. The second-order valence-electron chi connectivity index (χ2n) is 11.0. The van der Waals surface area contributed by atoms with Crippen molar-refractivity contribution in [1.82, 2.24) is 9.47 Å². The van der Waals surface area contributed by atoms with Gasteiger partial charge in [-0.15, -0.1) is 0 Å². The first kappa shape index (κ1) is 26.5. The molecule has 3 aromatic rings. The van der Waals surface area contributed by atoms with Crippen LogP contribution in [0, 0.1) is 0 Å². The summed E-state index contributed by atoms with van der Waals surface area (Å²) < 4.78 is 19.0. The molecule has 204 valence electrons. The van der Waals surface area contributed by atoms with Crippen LogP contribution in [0.25, 0.3) is 16.5 Å². The molecule has 0 bridgehead atoms. The molecule has 2 fully saturated rings. The first-order valence-corrected chi connectivity index (χ1v) is 13.6. The van der Waals surface area contributed by atoms with E-state index < -0.39 is 5.60 Å². The van der Waals surface area contributed by atoms with E-state index in [0.717, 1.165) is 80.3 Å². The Kier molecular flexibility index (Phi) is 7.93. The number of methoxy groups -OCH3 is 1. The lowest BCUT2D eigenvalue weighted by Gasteiger charge is -2.28. The van der Waals surface area contributed by atoms with Crippen molar-refractivity contribution in [3.63, 3.8) is 0 Å². The molecule has 38 heavy (non-hydrogen) atoms. The minimum Gasteiger partial charge on any atom is -0.495 e. The van der Waals surface area contributed by atoms with Crippen LogP contribution >= 0.6 is 0 Å². The second-order valence-corrected chi connectivity index (χ2v) is 11.0. The number of ether oxygens (including phenoxy) is 3. The number of fused-ring (bicyclic) bond motifs is 1. The lowest BCUT2D eigenvalue weighted by molar-refractivity contribution is 0.0385. The number of β-amino-alcohol motifs (C(OH)–C–C–N with tert-alkyl or cyclic N) is 1. The van der Waals surface area contributed by atoms with Crippen LogP contribution in [-0.4, -0.2) is 79.3 Å². The van der Waals surface area contributed by atoms with E-state index in [0.29, 0.717) is 18.5 Å². The number of pyridine rings is 1. The topological polar surface area (TPSA) is 76.4 Å². The molecule has 5 rings (SSSR count). The molecule has 2 aliphatic rings. The summed E-state index contributed by atoms with van der Waals surface area (Å²) in [6, 6.07) is 13.5. The number of hydrogen-bond donors (Lipinski definition) is 1. The van der Waals surface area contributed by atoms with Gasteiger partial charge in [-0.3, -0.25) is 14.3 Å². The summed E-state index contributed by atoms with van der Waals surface area (Å²) in [7, 11) is 1.67. The fourth-order valence-corrected chi connectivity index (χ4v) is 5.48. The van der Waals surface area contributed by atoms with E-state index in [-0.39, 0.29) is 11.7 Å². The zero-order valence-electron chi connectivity index (χ0n) is 22.7. The maximum absolute atomic E-state index is 13.4. The van der Waals surface area contributed by atoms with Gasteiger partial charge in [-0.25, -0.2) is 0 Å². The predicted octanol–water partition coefficient (Wildman–Crippen LogP) is 3.84. The van der Waals surface area contributed by atoms with Crippen LogP contribution in [-0.2, 0) is 4.74 Å². The highest BCUT2D eigenvalue weighted by molar-refractivity contribution is 5.83. The molecule has 2 saturated heterocycles. The van der Waals surface area contributed by atoms with Gasteiger partial charge in [0, 0.05) is 57.0 Å². The fraction of sp³-hybridized carbons (Fsp3) is 0.500. The van der Waals surface area contributed by atoms with Crippen LogP contribution in [0.4, 0.5) is 5.69 Å². The summed E-state index contributed by atoms with van der Waals surface area (Å²) in [4.78, 5) is 18.1. The zero-order chi connectivity index (χ0) is 26.7. The molecule has 1 aromatic heterocycles. The van der Waals surface area contributed by atoms with E-state index >= 15 is 0 Å². The Bertz CT molecular complexity index is 1310. The number of benzene rings is 2. The molecule has 2 aromatic carbocycles. The second kappa shape index (κ2) is 11.4. The van der Waals surface area contributed by atoms with E-state index in [9.17, 15) is 9.90 Å². The maximum atomic E-state index is 13.4. The van der Waals surface area contributed by atoms with Crippen molar-refractivity contribution in [1.29, 1.82) is 0 Å². The first-order valence-electron chi connectivity index (χ1n) is 13.6. The minimum atomic E-state index is -0.708. The molecule has 2 aliphatic heterocycles. The summed E-state index contributed by atoms with van der Waals surface area (Å²) in [5.41, 5.74) is 0.985. The third kappa shape index (κ3) is 6.14. The van der Waals surface area contributed by atoms with Crippen molar-refractivity contribution in [2.45, 2.75) is 44.8 Å². The predicted molar refractivity (Wildman–Crippen MR) is 150 cm³/mol. The number of anilines is 1. The minimum absolute atomic E-state index is 0.0833. The van der Waals surface area contributed by atoms with Crippen LogP contribution in [0.5, 0.6) is 11.5 Å². The van der Waals surface area contributed by atoms with Crippen LogP contribution < -0.4 is 19.9 Å². The fourth-order valence-electron chi connectivity index (χ4n) is 5.48. The van der Waals surface area contributed by atoms with Gasteiger partial charge in [-0.2, -0.15) is 0 Å². The third-order valence-electron chi connectivity index (χ3n) is 7.32. The summed E-state index contributed by atoms with van der Waals surface area (Å²) in [5.74, 6) is 1.48. The van der Waals surface area contributed by atoms with Crippen LogP contribution in [0.15, 0.2) is 53.5 Å². The Morgan fingerprint density at radius 2 is 1.92 bits per heavy atom. The van der Waals surface area contributed by atoms with Crippen molar-refractivity contribution >= 4 is 16.5 Å². The number of hydrogen-bond acceptors (Lipinski definition) is 7. The Morgan fingerprint density at radius 3 is 2.68 bits per heavy atom. The van der Waals surface area contributed by atoms with Gasteiger partial charge in [0.05, 0.1) is 30.2 Å². The Balaban J connectivity index is 1.34. The van der Waals surface area contributed by atoms with Crippen LogP contribution in [0.3, 0.4) is 0 Å². The summed E-state index contributed by atoms with van der Waals surface area (Å²) >= 11 is 0. The molecule has 0 spiro atoms. The van der Waals surface area contributed by atoms with E-state index in [1.807, 2.05) is 62.5 Å². The quantitative estimate of drug-likeness (QED) is 0.483. The molecule has 3 heterocycles. The summed E-state index contributed by atoms with van der Waals surface area (Å²) in [6.07, 6.45) is 5.07. The smallest absolute Gasteiger partial charge is 0.262 e. The van der Waals surface area contributed by atoms with Crippen molar-refractivity contribution < 1.29 is 19.3 Å². The van der Waals surface area contributed by atoms with E-state index in [1.54, 1.807) is 11.7 Å². The standard InChI is InChI=1S/C30H39N3O5/c1-30(2,35)21-31-12-5-13-32(16-15-31)27-10-7-23(19-28(27)36-3)33-14-11-22-18-24(8-9-26(22)29(33)34)38-20-25-6-4-17-37-25/h7-11,14,18-19,25,35H,4-6,12-13,15-17,20-21H2,1-3H3/t25-/m1/s1. The molecule has 0 aliphatic carbocycles. The molecule has 1 atom stereocenters. The van der Waals surface area contributed by atoms with Crippen molar-refractivity contribution in [2.24, 2.45) is 0 Å². The van der Waals surface area contributed by atoms with Gasteiger partial charge in [-0.05, 0) is 74.9 Å². The first-order chi connectivity index (χ1) is 18.3. The third-order valence-corrected chi connectivity index (χ3v) is 7.32. The van der Waals surface area contributed by atoms with Crippen LogP contribution in [0.2, 0.25) is 0 Å². The van der Waals surface area contributed by atoms with Gasteiger partial charge in [0.25, 0.3) is 5.56 Å². The average Bonchev–Trinajstić information content (AvgIpc) is 3.32. The molecule has 0 unspecified atom stereocenters. The monoisotopic (exact) mass is 521 g/mol. The summed E-state index contributed by atoms with van der Waals surface area (Å²) in [6.45, 7) is 9.28. The van der Waals surface area contributed by atoms with Crippen molar-refractivity contribution in [3.8, 4) is 17.2 Å². The number of aromatic nitrogens is 1. The summed E-state index contributed by atoms with van der Waals surface area (Å²) in [5, 5.41) is 11.7.